The van der Waals surface area contributed by atoms with Crippen molar-refractivity contribution in [3.8, 4) is 0 Å². The van der Waals surface area contributed by atoms with Gasteiger partial charge in [-0.3, -0.25) is 4.79 Å². The average Bonchev–Trinajstić information content (AvgIpc) is 2.46. The van der Waals surface area contributed by atoms with Gasteiger partial charge in [0.2, 0.25) is 0 Å². The molecule has 0 saturated carbocycles. The number of hydrogen-bond donors (Lipinski definition) is 0. The molecule has 0 aliphatic carbocycles. The van der Waals surface area contributed by atoms with Gasteiger partial charge in [0.25, 0.3) is 0 Å². The van der Waals surface area contributed by atoms with Crippen molar-refractivity contribution in [1.29, 1.82) is 0 Å². The molecule has 0 saturated heterocycles. The SMILES string of the molecule is CC=C(C)OC(CC=O)CC(CC(=O)OC)OC(C)=CC. The van der Waals surface area contributed by atoms with E-state index in [-0.39, 0.29) is 31.0 Å². The van der Waals surface area contributed by atoms with Crippen LogP contribution in [0.3, 0.4) is 0 Å². The van der Waals surface area contributed by atoms with Crippen LogP contribution in [0.5, 0.6) is 0 Å². The van der Waals surface area contributed by atoms with Gasteiger partial charge >= 0.3 is 5.97 Å². The lowest BCUT2D eigenvalue weighted by Gasteiger charge is -2.24. The van der Waals surface area contributed by atoms with Crippen molar-refractivity contribution in [3.05, 3.63) is 23.7 Å². The molecule has 0 N–H and O–H groups in total. The van der Waals surface area contributed by atoms with Crippen LogP contribution < -0.4 is 0 Å². The molecule has 0 rings (SSSR count). The Balaban J connectivity index is 4.84. The summed E-state index contributed by atoms with van der Waals surface area (Å²) < 4.78 is 16.1. The number of carbonyl (C=O) groups excluding carboxylic acids is 2. The summed E-state index contributed by atoms with van der Waals surface area (Å²) in [5.74, 6) is 1.11. The monoisotopic (exact) mass is 298 g/mol. The third-order valence-corrected chi connectivity index (χ3v) is 3.03. The van der Waals surface area contributed by atoms with Crippen molar-refractivity contribution >= 4 is 12.3 Å². The van der Waals surface area contributed by atoms with Crippen LogP contribution in [-0.2, 0) is 23.8 Å². The summed E-state index contributed by atoms with van der Waals surface area (Å²) >= 11 is 0. The molecule has 2 atom stereocenters. The summed E-state index contributed by atoms with van der Waals surface area (Å²) in [5, 5.41) is 0. The van der Waals surface area contributed by atoms with Crippen molar-refractivity contribution in [1.82, 2.24) is 0 Å². The topological polar surface area (TPSA) is 61.8 Å². The van der Waals surface area contributed by atoms with Crippen molar-refractivity contribution in [2.24, 2.45) is 0 Å². The van der Waals surface area contributed by atoms with Crippen LogP contribution in [0, 0.1) is 0 Å². The fraction of sp³-hybridized carbons (Fsp3) is 0.625. The third-order valence-electron chi connectivity index (χ3n) is 3.03. The van der Waals surface area contributed by atoms with E-state index in [1.807, 2.05) is 39.8 Å². The molecule has 0 bridgehead atoms. The molecule has 0 radical (unpaired) electrons. The van der Waals surface area contributed by atoms with E-state index in [1.165, 1.54) is 7.11 Å². The van der Waals surface area contributed by atoms with E-state index in [0.29, 0.717) is 6.42 Å². The van der Waals surface area contributed by atoms with Crippen LogP contribution in [0.2, 0.25) is 0 Å². The molecule has 21 heavy (non-hydrogen) atoms. The number of hydrogen-bond acceptors (Lipinski definition) is 5. The molecule has 0 heterocycles. The molecule has 0 aliphatic heterocycles. The quantitative estimate of drug-likeness (QED) is 0.352. The Labute approximate surface area is 126 Å². The first-order valence-electron chi connectivity index (χ1n) is 7.06. The maximum Gasteiger partial charge on any atom is 0.309 e. The van der Waals surface area contributed by atoms with Crippen molar-refractivity contribution in [2.75, 3.05) is 7.11 Å². The number of rotatable bonds is 10. The minimum absolute atomic E-state index is 0.120. The average molecular weight is 298 g/mol. The zero-order valence-corrected chi connectivity index (χ0v) is 13.5. The second kappa shape index (κ2) is 10.9. The molecular weight excluding hydrogens is 272 g/mol. The summed E-state index contributed by atoms with van der Waals surface area (Å²) in [4.78, 5) is 22.2. The molecule has 5 nitrogen and oxygen atoms in total. The second-order valence-corrected chi connectivity index (χ2v) is 4.70. The van der Waals surface area contributed by atoms with Gasteiger partial charge in [0.05, 0.1) is 25.0 Å². The molecule has 5 heteroatoms. The maximum absolute atomic E-state index is 11.5. The molecule has 0 amide bonds. The standard InChI is InChI=1S/C16H26O5/c1-6-12(3)20-14(8-9-17)10-15(11-16(18)19-5)21-13(4)7-2/h6-7,9,14-15H,8,10-11H2,1-5H3. The summed E-state index contributed by atoms with van der Waals surface area (Å²) in [7, 11) is 1.34. The van der Waals surface area contributed by atoms with Gasteiger partial charge in [0.15, 0.2) is 0 Å². The van der Waals surface area contributed by atoms with Gasteiger partial charge in [-0.1, -0.05) is 0 Å². The van der Waals surface area contributed by atoms with Crippen LogP contribution in [0.15, 0.2) is 23.7 Å². The summed E-state index contributed by atoms with van der Waals surface area (Å²) in [6, 6.07) is 0. The van der Waals surface area contributed by atoms with Gasteiger partial charge < -0.3 is 19.0 Å². The number of carbonyl (C=O) groups is 2. The smallest absolute Gasteiger partial charge is 0.309 e. The van der Waals surface area contributed by atoms with Gasteiger partial charge in [0, 0.05) is 12.8 Å². The Kier molecular flexibility index (Phi) is 10.0. The lowest BCUT2D eigenvalue weighted by atomic mass is 10.1. The highest BCUT2D eigenvalue weighted by molar-refractivity contribution is 5.69. The lowest BCUT2D eigenvalue weighted by Crippen LogP contribution is -2.26. The van der Waals surface area contributed by atoms with E-state index in [0.717, 1.165) is 17.8 Å². The highest BCUT2D eigenvalue weighted by Crippen LogP contribution is 2.18. The molecule has 0 aromatic carbocycles. The molecular formula is C16H26O5. The minimum Gasteiger partial charge on any atom is -0.495 e. The van der Waals surface area contributed by atoms with Crippen LogP contribution in [0.25, 0.3) is 0 Å². The molecule has 0 fully saturated rings. The normalized spacial score (nSPS) is 15.1. The Bertz CT molecular complexity index is 384. The Morgan fingerprint density at radius 2 is 1.57 bits per heavy atom. The predicted octanol–water partition coefficient (Wildman–Crippen LogP) is 3.15. The highest BCUT2D eigenvalue weighted by Gasteiger charge is 2.22. The fourth-order valence-corrected chi connectivity index (χ4v) is 1.70. The summed E-state index contributed by atoms with van der Waals surface area (Å²) in [5.41, 5.74) is 0. The number of ether oxygens (including phenoxy) is 3. The Hall–Kier alpha value is -1.78. The maximum atomic E-state index is 11.5. The van der Waals surface area contributed by atoms with Gasteiger partial charge in [-0.25, -0.2) is 0 Å². The molecule has 120 valence electrons. The lowest BCUT2D eigenvalue weighted by molar-refractivity contribution is -0.143. The number of aldehydes is 1. The Morgan fingerprint density at radius 3 is 2.00 bits per heavy atom. The predicted molar refractivity (Wildman–Crippen MR) is 80.5 cm³/mol. The van der Waals surface area contributed by atoms with Crippen molar-refractivity contribution in [3.63, 3.8) is 0 Å². The first-order chi connectivity index (χ1) is 9.96. The van der Waals surface area contributed by atoms with Crippen LogP contribution >= 0.6 is 0 Å². The van der Waals surface area contributed by atoms with E-state index in [4.69, 9.17) is 9.47 Å². The highest BCUT2D eigenvalue weighted by atomic mass is 16.5. The molecule has 2 unspecified atom stereocenters. The first-order valence-corrected chi connectivity index (χ1v) is 7.06. The number of allylic oxidation sites excluding steroid dienone is 4. The summed E-state index contributed by atoms with van der Waals surface area (Å²) in [6.45, 7) is 7.36. The van der Waals surface area contributed by atoms with Crippen molar-refractivity contribution in [2.45, 2.75) is 59.2 Å². The van der Waals surface area contributed by atoms with Crippen LogP contribution in [0.1, 0.15) is 47.0 Å². The van der Waals surface area contributed by atoms with E-state index >= 15 is 0 Å². The molecule has 0 aliphatic rings. The Morgan fingerprint density at radius 1 is 1.05 bits per heavy atom. The molecule has 0 aromatic heterocycles. The second-order valence-electron chi connectivity index (χ2n) is 4.70. The van der Waals surface area contributed by atoms with E-state index < -0.39 is 0 Å². The first kappa shape index (κ1) is 19.2. The van der Waals surface area contributed by atoms with E-state index in [1.54, 1.807) is 0 Å². The minimum atomic E-state index is -0.386. The van der Waals surface area contributed by atoms with Gasteiger partial charge in [-0.15, -0.1) is 0 Å². The third kappa shape index (κ3) is 8.89. The fourth-order valence-electron chi connectivity index (χ4n) is 1.70. The van der Waals surface area contributed by atoms with Gasteiger partial charge in [-0.2, -0.15) is 0 Å². The van der Waals surface area contributed by atoms with E-state index in [9.17, 15) is 9.59 Å². The zero-order chi connectivity index (χ0) is 16.3. The molecule has 0 aromatic rings. The number of esters is 1. The summed E-state index contributed by atoms with van der Waals surface area (Å²) in [6.07, 6.45) is 4.55. The largest absolute Gasteiger partial charge is 0.495 e. The van der Waals surface area contributed by atoms with E-state index in [2.05, 4.69) is 4.74 Å². The van der Waals surface area contributed by atoms with Crippen molar-refractivity contribution < 1.29 is 23.8 Å². The molecule has 0 spiro atoms. The van der Waals surface area contributed by atoms with Crippen LogP contribution in [0.4, 0.5) is 0 Å². The zero-order valence-electron chi connectivity index (χ0n) is 13.5. The van der Waals surface area contributed by atoms with Crippen LogP contribution in [-0.4, -0.2) is 31.6 Å². The van der Waals surface area contributed by atoms with Gasteiger partial charge in [0.1, 0.15) is 18.5 Å². The van der Waals surface area contributed by atoms with Gasteiger partial charge in [-0.05, 0) is 39.8 Å². The number of methoxy groups -OCH3 is 1.